The molecule has 0 aliphatic heterocycles. The highest BCUT2D eigenvalue weighted by molar-refractivity contribution is 5.20. The Hall–Kier alpha value is -1.91. The van der Waals surface area contributed by atoms with Gasteiger partial charge in [-0.3, -0.25) is 4.98 Å². The Morgan fingerprint density at radius 2 is 1.70 bits per heavy atom. The Kier molecular flexibility index (Phi) is 12.2. The third-order valence-corrected chi connectivity index (χ3v) is 2.13. The summed E-state index contributed by atoms with van der Waals surface area (Å²) >= 11 is 0. The molecule has 0 radical (unpaired) electrons. The smallest absolute Gasteiger partial charge is 0.118 e. The average molecular weight is 275 g/mol. The second kappa shape index (κ2) is 13.5. The number of benzene rings is 1. The standard InChI is InChI=1S/C7H10N2.C7H8O.C2H7N/c8-4-3-7-2-1-5-9-6-7;1-8-7-5-3-2-4-6-7;1-2-3/h1-2,5-6H,3-4,8H2;2-6H,1H3;2-3H2,1H3. The second-order valence-corrected chi connectivity index (χ2v) is 3.83. The summed E-state index contributed by atoms with van der Waals surface area (Å²) in [5, 5.41) is 0. The molecule has 0 unspecified atom stereocenters. The minimum absolute atomic E-state index is 0.700. The van der Waals surface area contributed by atoms with Gasteiger partial charge < -0.3 is 16.2 Å². The number of ether oxygens (including phenoxy) is 1. The molecule has 0 saturated heterocycles. The highest BCUT2D eigenvalue weighted by atomic mass is 16.5. The number of nitrogens with zero attached hydrogens (tertiary/aromatic N) is 1. The molecule has 2 rings (SSSR count). The number of rotatable bonds is 3. The summed E-state index contributed by atoms with van der Waals surface area (Å²) in [4.78, 5) is 3.95. The maximum absolute atomic E-state index is 5.33. The zero-order valence-corrected chi connectivity index (χ0v) is 12.3. The topological polar surface area (TPSA) is 74.2 Å². The number of methoxy groups -OCH3 is 1. The predicted molar refractivity (Wildman–Crippen MR) is 84.7 cm³/mol. The first kappa shape index (κ1) is 18.1. The van der Waals surface area contributed by atoms with E-state index >= 15 is 0 Å². The van der Waals surface area contributed by atoms with Gasteiger partial charge in [-0.15, -0.1) is 0 Å². The van der Waals surface area contributed by atoms with E-state index in [2.05, 4.69) is 4.98 Å². The van der Waals surface area contributed by atoms with Crippen molar-refractivity contribution >= 4 is 0 Å². The molecule has 0 amide bonds. The van der Waals surface area contributed by atoms with Crippen molar-refractivity contribution in [3.8, 4) is 5.75 Å². The van der Waals surface area contributed by atoms with Gasteiger partial charge in [-0.1, -0.05) is 31.2 Å². The first-order chi connectivity index (χ1) is 9.78. The van der Waals surface area contributed by atoms with E-state index in [4.69, 9.17) is 16.2 Å². The molecule has 0 aliphatic carbocycles. The Morgan fingerprint density at radius 1 is 1.05 bits per heavy atom. The van der Waals surface area contributed by atoms with Crippen LogP contribution in [-0.4, -0.2) is 25.2 Å². The molecule has 1 heterocycles. The number of aromatic nitrogens is 1. The molecule has 4 N–H and O–H groups in total. The van der Waals surface area contributed by atoms with Gasteiger partial charge >= 0.3 is 0 Å². The Labute approximate surface area is 121 Å². The Morgan fingerprint density at radius 3 is 2.10 bits per heavy atom. The van der Waals surface area contributed by atoms with E-state index in [0.29, 0.717) is 6.54 Å². The van der Waals surface area contributed by atoms with Crippen molar-refractivity contribution in [3.05, 3.63) is 60.4 Å². The van der Waals surface area contributed by atoms with Crippen LogP contribution >= 0.6 is 0 Å². The molecule has 1 aromatic carbocycles. The maximum atomic E-state index is 5.33. The molecule has 1 aromatic heterocycles. The van der Waals surface area contributed by atoms with Gasteiger partial charge in [-0.2, -0.15) is 0 Å². The molecule has 20 heavy (non-hydrogen) atoms. The lowest BCUT2D eigenvalue weighted by atomic mass is 10.2. The molecule has 0 bridgehead atoms. The van der Waals surface area contributed by atoms with Crippen LogP contribution in [0.4, 0.5) is 0 Å². The highest BCUT2D eigenvalue weighted by Crippen LogP contribution is 2.05. The lowest BCUT2D eigenvalue weighted by Crippen LogP contribution is -2.02. The highest BCUT2D eigenvalue weighted by Gasteiger charge is 1.85. The molecule has 4 heteroatoms. The van der Waals surface area contributed by atoms with Crippen LogP contribution in [-0.2, 0) is 6.42 Å². The van der Waals surface area contributed by atoms with E-state index in [1.165, 1.54) is 5.56 Å². The van der Waals surface area contributed by atoms with Crippen molar-refractivity contribution in [1.29, 1.82) is 0 Å². The van der Waals surface area contributed by atoms with Gasteiger partial charge in [-0.05, 0) is 43.3 Å². The van der Waals surface area contributed by atoms with Crippen LogP contribution in [0.15, 0.2) is 54.9 Å². The first-order valence-corrected chi connectivity index (χ1v) is 6.66. The van der Waals surface area contributed by atoms with Crippen molar-refractivity contribution < 1.29 is 4.74 Å². The van der Waals surface area contributed by atoms with Crippen molar-refractivity contribution in [1.82, 2.24) is 4.98 Å². The number of nitrogens with two attached hydrogens (primary N) is 2. The molecule has 0 saturated carbocycles. The lowest BCUT2D eigenvalue weighted by Gasteiger charge is -1.93. The molecule has 0 spiro atoms. The van der Waals surface area contributed by atoms with E-state index in [-0.39, 0.29) is 0 Å². The van der Waals surface area contributed by atoms with Crippen LogP contribution in [0.2, 0.25) is 0 Å². The summed E-state index contributed by atoms with van der Waals surface area (Å²) in [6.07, 6.45) is 4.53. The molecule has 2 aromatic rings. The van der Waals surface area contributed by atoms with Crippen LogP contribution in [0.5, 0.6) is 5.75 Å². The normalized spacial score (nSPS) is 8.60. The van der Waals surface area contributed by atoms with Crippen LogP contribution < -0.4 is 16.2 Å². The van der Waals surface area contributed by atoms with Crippen molar-refractivity contribution in [2.75, 3.05) is 20.2 Å². The van der Waals surface area contributed by atoms with Gasteiger partial charge in [0.25, 0.3) is 0 Å². The molecule has 110 valence electrons. The van der Waals surface area contributed by atoms with Gasteiger partial charge in [0, 0.05) is 12.4 Å². The number of hydrogen-bond donors (Lipinski definition) is 2. The summed E-state index contributed by atoms with van der Waals surface area (Å²) in [5.74, 6) is 0.910. The van der Waals surface area contributed by atoms with Gasteiger partial charge in [0.1, 0.15) is 5.75 Å². The van der Waals surface area contributed by atoms with Crippen LogP contribution in [0.3, 0.4) is 0 Å². The predicted octanol–water partition coefficient (Wildman–Crippen LogP) is 2.24. The molecular formula is C16H25N3O. The second-order valence-electron chi connectivity index (χ2n) is 3.83. The van der Waals surface area contributed by atoms with Crippen LogP contribution in [0.1, 0.15) is 12.5 Å². The van der Waals surface area contributed by atoms with Crippen molar-refractivity contribution in [2.45, 2.75) is 13.3 Å². The Balaban J connectivity index is 0.000000304. The monoisotopic (exact) mass is 275 g/mol. The molecule has 0 atom stereocenters. The molecule has 0 fully saturated rings. The fourth-order valence-corrected chi connectivity index (χ4v) is 1.27. The number of hydrogen-bond acceptors (Lipinski definition) is 4. The van der Waals surface area contributed by atoms with E-state index in [1.54, 1.807) is 13.3 Å². The van der Waals surface area contributed by atoms with E-state index in [1.807, 2.05) is 55.6 Å². The van der Waals surface area contributed by atoms with E-state index in [9.17, 15) is 0 Å². The minimum atomic E-state index is 0.700. The summed E-state index contributed by atoms with van der Waals surface area (Å²) in [6.45, 7) is 3.35. The Bertz CT molecular complexity index is 407. The first-order valence-electron chi connectivity index (χ1n) is 6.66. The summed E-state index contributed by atoms with van der Waals surface area (Å²) in [7, 11) is 1.66. The van der Waals surface area contributed by atoms with Crippen molar-refractivity contribution in [2.24, 2.45) is 11.5 Å². The fraction of sp³-hybridized carbons (Fsp3) is 0.312. The largest absolute Gasteiger partial charge is 0.497 e. The minimum Gasteiger partial charge on any atom is -0.497 e. The average Bonchev–Trinajstić information content (AvgIpc) is 2.51. The zero-order valence-electron chi connectivity index (χ0n) is 12.3. The van der Waals surface area contributed by atoms with E-state index in [0.717, 1.165) is 18.7 Å². The molecular weight excluding hydrogens is 250 g/mol. The van der Waals surface area contributed by atoms with Gasteiger partial charge in [0.2, 0.25) is 0 Å². The fourth-order valence-electron chi connectivity index (χ4n) is 1.27. The molecule has 4 nitrogen and oxygen atoms in total. The van der Waals surface area contributed by atoms with Crippen LogP contribution in [0.25, 0.3) is 0 Å². The number of para-hydroxylation sites is 1. The van der Waals surface area contributed by atoms with Gasteiger partial charge in [0.15, 0.2) is 0 Å². The summed E-state index contributed by atoms with van der Waals surface area (Å²) in [6, 6.07) is 13.6. The van der Waals surface area contributed by atoms with Crippen molar-refractivity contribution in [3.63, 3.8) is 0 Å². The third kappa shape index (κ3) is 10.1. The van der Waals surface area contributed by atoms with E-state index < -0.39 is 0 Å². The SMILES string of the molecule is CCN.COc1ccccc1.NCCc1cccnc1. The molecule has 0 aliphatic rings. The van der Waals surface area contributed by atoms with Gasteiger partial charge in [0.05, 0.1) is 7.11 Å². The van der Waals surface area contributed by atoms with Crippen LogP contribution in [0, 0.1) is 0 Å². The quantitative estimate of drug-likeness (QED) is 0.901. The lowest BCUT2D eigenvalue weighted by molar-refractivity contribution is 0.415. The zero-order chi connectivity index (χ0) is 15.1. The summed E-state index contributed by atoms with van der Waals surface area (Å²) < 4.78 is 4.91. The maximum Gasteiger partial charge on any atom is 0.118 e. The number of pyridine rings is 1. The summed E-state index contributed by atoms with van der Waals surface area (Å²) in [5.41, 5.74) is 11.4. The van der Waals surface area contributed by atoms with Gasteiger partial charge in [-0.25, -0.2) is 0 Å². The third-order valence-electron chi connectivity index (χ3n) is 2.13.